The van der Waals surface area contributed by atoms with Gasteiger partial charge in [-0.25, -0.2) is 4.98 Å². The molecule has 0 bridgehead atoms. The van der Waals surface area contributed by atoms with Crippen LogP contribution < -0.4 is 5.32 Å². The summed E-state index contributed by atoms with van der Waals surface area (Å²) in [5.41, 5.74) is 2.31. The highest BCUT2D eigenvalue weighted by Gasteiger charge is 1.95. The van der Waals surface area contributed by atoms with E-state index < -0.39 is 0 Å². The molecule has 0 aliphatic heterocycles. The van der Waals surface area contributed by atoms with Crippen LogP contribution in [0.25, 0.3) is 10.9 Å². The molecule has 0 amide bonds. The van der Waals surface area contributed by atoms with Gasteiger partial charge in [-0.15, -0.1) is 0 Å². The van der Waals surface area contributed by atoms with Gasteiger partial charge in [0.15, 0.2) is 0 Å². The Balaban J connectivity index is 0.000000531. The van der Waals surface area contributed by atoms with Gasteiger partial charge in [0.25, 0.3) is 0 Å². The number of anilines is 1. The summed E-state index contributed by atoms with van der Waals surface area (Å²) >= 11 is 0. The lowest BCUT2D eigenvalue weighted by molar-refractivity contribution is 1.34. The van der Waals surface area contributed by atoms with Crippen LogP contribution in [0.2, 0.25) is 0 Å². The van der Waals surface area contributed by atoms with Crippen LogP contribution in [0.15, 0.2) is 30.3 Å². The summed E-state index contributed by atoms with van der Waals surface area (Å²) in [6.07, 6.45) is 0. The Morgan fingerprint density at radius 3 is 2.47 bits per heavy atom. The first kappa shape index (κ1) is 11.5. The molecule has 2 nitrogen and oxygen atoms in total. The molecule has 1 aromatic carbocycles. The number of hydrogen-bond donors (Lipinski definition) is 1. The van der Waals surface area contributed by atoms with Gasteiger partial charge in [0, 0.05) is 12.4 Å². The number of aromatic nitrogens is 1. The van der Waals surface area contributed by atoms with Crippen LogP contribution in [-0.2, 0) is 0 Å². The van der Waals surface area contributed by atoms with E-state index in [1.807, 2.05) is 33.0 Å². The first-order valence-corrected chi connectivity index (χ1v) is 5.35. The maximum absolute atomic E-state index is 4.42. The fourth-order valence-corrected chi connectivity index (χ4v) is 1.38. The summed E-state index contributed by atoms with van der Waals surface area (Å²) in [5, 5.41) is 4.22. The number of nitrogens with zero attached hydrogens (tertiary/aromatic N) is 1. The van der Waals surface area contributed by atoms with E-state index in [-0.39, 0.29) is 0 Å². The number of fused-ring (bicyclic) bond motifs is 1. The zero-order valence-corrected chi connectivity index (χ0v) is 9.83. The molecule has 1 heterocycles. The molecule has 0 aliphatic rings. The van der Waals surface area contributed by atoms with Gasteiger partial charge in [-0.05, 0) is 31.2 Å². The molecule has 0 saturated carbocycles. The van der Waals surface area contributed by atoms with Crippen molar-refractivity contribution in [2.45, 2.75) is 20.8 Å². The molecule has 0 spiro atoms. The minimum absolute atomic E-state index is 0.913. The molecule has 0 unspecified atom stereocenters. The van der Waals surface area contributed by atoms with E-state index >= 15 is 0 Å². The van der Waals surface area contributed by atoms with Crippen LogP contribution >= 0.6 is 0 Å². The second-order valence-corrected chi connectivity index (χ2v) is 3.14. The summed E-state index contributed by atoms with van der Waals surface area (Å²) in [5.74, 6) is 0.913. The van der Waals surface area contributed by atoms with E-state index in [1.165, 1.54) is 10.9 Å². The fourth-order valence-electron chi connectivity index (χ4n) is 1.38. The second kappa shape index (κ2) is 5.35. The highest BCUT2D eigenvalue weighted by atomic mass is 15.0. The van der Waals surface area contributed by atoms with Gasteiger partial charge < -0.3 is 5.32 Å². The summed E-state index contributed by atoms with van der Waals surface area (Å²) in [6, 6.07) is 10.3. The maximum atomic E-state index is 4.42. The summed E-state index contributed by atoms with van der Waals surface area (Å²) in [7, 11) is 1.88. The molecule has 2 rings (SSSR count). The van der Waals surface area contributed by atoms with Gasteiger partial charge in [0.2, 0.25) is 0 Å². The van der Waals surface area contributed by atoms with Crippen molar-refractivity contribution in [1.82, 2.24) is 4.98 Å². The van der Waals surface area contributed by atoms with Gasteiger partial charge in [-0.3, -0.25) is 0 Å². The minimum atomic E-state index is 0.913. The molecule has 1 N–H and O–H groups in total. The quantitative estimate of drug-likeness (QED) is 0.764. The molecule has 2 aromatic rings. The van der Waals surface area contributed by atoms with Crippen molar-refractivity contribution in [3.63, 3.8) is 0 Å². The number of aryl methyl sites for hydroxylation is 1. The van der Waals surface area contributed by atoms with Crippen LogP contribution in [-0.4, -0.2) is 12.0 Å². The molecule has 0 saturated heterocycles. The fraction of sp³-hybridized carbons (Fsp3) is 0.308. The minimum Gasteiger partial charge on any atom is -0.373 e. The van der Waals surface area contributed by atoms with E-state index in [0.29, 0.717) is 0 Å². The van der Waals surface area contributed by atoms with Crippen molar-refractivity contribution in [3.8, 4) is 0 Å². The van der Waals surface area contributed by atoms with Gasteiger partial charge in [0.1, 0.15) is 5.82 Å². The van der Waals surface area contributed by atoms with Gasteiger partial charge in [-0.2, -0.15) is 0 Å². The molecule has 0 radical (unpaired) electrons. The number of nitrogens with one attached hydrogen (secondary N) is 1. The second-order valence-electron chi connectivity index (χ2n) is 3.14. The Morgan fingerprint density at radius 2 is 1.80 bits per heavy atom. The molecule has 0 fully saturated rings. The van der Waals surface area contributed by atoms with E-state index in [9.17, 15) is 0 Å². The van der Waals surface area contributed by atoms with Gasteiger partial charge in [0.05, 0.1) is 5.52 Å². The first-order valence-electron chi connectivity index (χ1n) is 5.35. The first-order chi connectivity index (χ1) is 7.29. The Kier molecular flexibility index (Phi) is 4.10. The van der Waals surface area contributed by atoms with Crippen LogP contribution in [0, 0.1) is 6.92 Å². The molecular weight excluding hydrogens is 184 g/mol. The normalized spacial score (nSPS) is 9.33. The third-order valence-electron chi connectivity index (χ3n) is 2.10. The molecular formula is C13H18N2. The largest absolute Gasteiger partial charge is 0.373 e. The Labute approximate surface area is 91.3 Å². The lowest BCUT2D eigenvalue weighted by Crippen LogP contribution is -1.91. The van der Waals surface area contributed by atoms with Crippen molar-refractivity contribution in [3.05, 3.63) is 35.9 Å². The standard InChI is InChI=1S/C11H12N2.C2H6/c1-8-3-5-10-9(7-8)4-6-11(12-2)13-10;1-2/h3-7H,1-2H3,(H,12,13);1-2H3. The van der Waals surface area contributed by atoms with Crippen molar-refractivity contribution < 1.29 is 0 Å². The summed E-state index contributed by atoms with van der Waals surface area (Å²) in [4.78, 5) is 4.42. The molecule has 0 atom stereocenters. The number of rotatable bonds is 1. The third-order valence-corrected chi connectivity index (χ3v) is 2.10. The Hall–Kier alpha value is -1.57. The molecule has 1 aromatic heterocycles. The van der Waals surface area contributed by atoms with Gasteiger partial charge >= 0.3 is 0 Å². The number of hydrogen-bond acceptors (Lipinski definition) is 2. The lowest BCUT2D eigenvalue weighted by Gasteiger charge is -2.02. The van der Waals surface area contributed by atoms with Crippen molar-refractivity contribution >= 4 is 16.7 Å². The van der Waals surface area contributed by atoms with Gasteiger partial charge in [-0.1, -0.05) is 25.5 Å². The van der Waals surface area contributed by atoms with E-state index in [2.05, 4.69) is 35.4 Å². The van der Waals surface area contributed by atoms with Crippen LogP contribution in [0.5, 0.6) is 0 Å². The average Bonchev–Trinajstić information content (AvgIpc) is 2.31. The molecule has 80 valence electrons. The van der Waals surface area contributed by atoms with Crippen LogP contribution in [0.3, 0.4) is 0 Å². The predicted octanol–water partition coefficient (Wildman–Crippen LogP) is 3.61. The smallest absolute Gasteiger partial charge is 0.126 e. The highest BCUT2D eigenvalue weighted by molar-refractivity contribution is 5.80. The van der Waals surface area contributed by atoms with Crippen molar-refractivity contribution in [2.75, 3.05) is 12.4 Å². The molecule has 2 heteroatoms. The lowest BCUT2D eigenvalue weighted by atomic mass is 10.1. The Bertz CT molecular complexity index is 435. The van der Waals surface area contributed by atoms with Crippen molar-refractivity contribution in [1.29, 1.82) is 0 Å². The van der Waals surface area contributed by atoms with E-state index in [0.717, 1.165) is 11.3 Å². The third kappa shape index (κ3) is 2.69. The molecule has 15 heavy (non-hydrogen) atoms. The maximum Gasteiger partial charge on any atom is 0.126 e. The van der Waals surface area contributed by atoms with Crippen LogP contribution in [0.1, 0.15) is 19.4 Å². The van der Waals surface area contributed by atoms with E-state index in [1.54, 1.807) is 0 Å². The number of pyridine rings is 1. The highest BCUT2D eigenvalue weighted by Crippen LogP contribution is 2.15. The van der Waals surface area contributed by atoms with Crippen molar-refractivity contribution in [2.24, 2.45) is 0 Å². The zero-order chi connectivity index (χ0) is 11.3. The summed E-state index contributed by atoms with van der Waals surface area (Å²) in [6.45, 7) is 6.09. The van der Waals surface area contributed by atoms with Crippen LogP contribution in [0.4, 0.5) is 5.82 Å². The predicted molar refractivity (Wildman–Crippen MR) is 67.4 cm³/mol. The number of benzene rings is 1. The summed E-state index contributed by atoms with van der Waals surface area (Å²) < 4.78 is 0. The molecule has 0 aliphatic carbocycles. The Morgan fingerprint density at radius 1 is 1.07 bits per heavy atom. The topological polar surface area (TPSA) is 24.9 Å². The zero-order valence-electron chi connectivity index (χ0n) is 9.83. The average molecular weight is 202 g/mol. The monoisotopic (exact) mass is 202 g/mol. The van der Waals surface area contributed by atoms with E-state index in [4.69, 9.17) is 0 Å². The SMILES string of the molecule is CC.CNc1ccc2cc(C)ccc2n1.